The number of anilines is 5. The van der Waals surface area contributed by atoms with Gasteiger partial charge in [-0.2, -0.15) is 0 Å². The van der Waals surface area contributed by atoms with Crippen molar-refractivity contribution in [3.63, 3.8) is 0 Å². The van der Waals surface area contributed by atoms with Gasteiger partial charge in [-0.25, -0.2) is 15.0 Å². The Morgan fingerprint density at radius 1 is 1.12 bits per heavy atom. The lowest BCUT2D eigenvalue weighted by atomic mass is 10.0. The quantitative estimate of drug-likeness (QED) is 0.323. The molecular weight excluding hydrogens is 542 g/mol. The lowest BCUT2D eigenvalue weighted by molar-refractivity contribution is -0.111. The summed E-state index contributed by atoms with van der Waals surface area (Å²) >= 11 is 6.10. The summed E-state index contributed by atoms with van der Waals surface area (Å²) in [4.78, 5) is 31.8. The molecule has 0 bridgehead atoms. The van der Waals surface area contributed by atoms with Gasteiger partial charge in [-0.15, -0.1) is 0 Å². The molecule has 10 nitrogen and oxygen atoms in total. The number of piperidine rings is 1. The second kappa shape index (κ2) is 12.8. The van der Waals surface area contributed by atoms with Gasteiger partial charge in [-0.3, -0.25) is 9.63 Å². The summed E-state index contributed by atoms with van der Waals surface area (Å²) < 4.78 is 5.79. The van der Waals surface area contributed by atoms with Crippen molar-refractivity contribution in [2.75, 3.05) is 61.5 Å². The third-order valence-corrected chi connectivity index (χ3v) is 7.85. The fourth-order valence-electron chi connectivity index (χ4n) is 5.36. The third-order valence-electron chi connectivity index (χ3n) is 7.60. The molecule has 2 aliphatic rings. The fraction of sp³-hybridized carbons (Fsp3) is 0.367. The number of halogens is 1. The highest BCUT2D eigenvalue weighted by molar-refractivity contribution is 6.30. The Kier molecular flexibility index (Phi) is 8.92. The minimum Gasteiger partial charge on any atom is -0.494 e. The van der Waals surface area contributed by atoms with Gasteiger partial charge in [0, 0.05) is 42.7 Å². The number of carbonyl (C=O) groups excluding carboxylic acids is 1. The van der Waals surface area contributed by atoms with E-state index in [2.05, 4.69) is 51.1 Å². The lowest BCUT2D eigenvalue weighted by Crippen LogP contribution is -2.42. The van der Waals surface area contributed by atoms with Crippen molar-refractivity contribution in [2.24, 2.45) is 0 Å². The standard InChI is InChI=1S/C30H36ClN7O3/c1-5-30(39)35-23-16-24(27(40-4)17-26(23)37-13-10-22(11-14-37)36(2)3)34-28-18-29(33-19-32-28)38-25(12-15-41-38)20-6-8-21(31)9-7-20/h5-9,16-19,22,25H,1,10-15H2,2-4H3,(H,35,39)(H,32,33,34)/t25-/m1/s1. The number of aromatic nitrogens is 2. The molecule has 216 valence electrons. The first kappa shape index (κ1) is 28.7. The molecule has 0 saturated carbocycles. The number of hydrogen-bond donors (Lipinski definition) is 2. The normalized spacial score (nSPS) is 17.5. The first-order valence-electron chi connectivity index (χ1n) is 13.7. The van der Waals surface area contributed by atoms with Crippen molar-refractivity contribution in [1.29, 1.82) is 0 Å². The Labute approximate surface area is 245 Å². The van der Waals surface area contributed by atoms with Crippen LogP contribution in [0.25, 0.3) is 0 Å². The molecule has 41 heavy (non-hydrogen) atoms. The van der Waals surface area contributed by atoms with Crippen LogP contribution in [0.5, 0.6) is 5.75 Å². The minimum atomic E-state index is -0.283. The van der Waals surface area contributed by atoms with E-state index >= 15 is 0 Å². The second-order valence-corrected chi connectivity index (χ2v) is 10.8. The van der Waals surface area contributed by atoms with Crippen LogP contribution in [0.15, 0.2) is 61.4 Å². The molecule has 11 heteroatoms. The second-order valence-electron chi connectivity index (χ2n) is 10.3. The Morgan fingerprint density at radius 2 is 1.88 bits per heavy atom. The van der Waals surface area contributed by atoms with Gasteiger partial charge in [0.25, 0.3) is 0 Å². The lowest BCUT2D eigenvalue weighted by Gasteiger charge is -2.37. The van der Waals surface area contributed by atoms with E-state index in [4.69, 9.17) is 21.2 Å². The number of benzene rings is 2. The summed E-state index contributed by atoms with van der Waals surface area (Å²) in [6.07, 6.45) is 5.65. The number of hydrogen-bond acceptors (Lipinski definition) is 9. The van der Waals surface area contributed by atoms with E-state index in [-0.39, 0.29) is 11.9 Å². The van der Waals surface area contributed by atoms with Crippen LogP contribution in [0.4, 0.5) is 28.7 Å². The summed E-state index contributed by atoms with van der Waals surface area (Å²) in [6, 6.07) is 14.0. The van der Waals surface area contributed by atoms with Crippen LogP contribution in [0, 0.1) is 0 Å². The summed E-state index contributed by atoms with van der Waals surface area (Å²) in [6.45, 7) is 5.94. The molecule has 2 N–H and O–H groups in total. The largest absolute Gasteiger partial charge is 0.494 e. The van der Waals surface area contributed by atoms with E-state index in [9.17, 15) is 4.79 Å². The minimum absolute atomic E-state index is 0.00110. The van der Waals surface area contributed by atoms with E-state index in [0.717, 1.165) is 43.6 Å². The Balaban J connectivity index is 1.42. The maximum atomic E-state index is 12.4. The van der Waals surface area contributed by atoms with E-state index in [1.165, 1.54) is 12.4 Å². The van der Waals surface area contributed by atoms with E-state index in [1.54, 1.807) is 7.11 Å². The average molecular weight is 578 g/mol. The molecule has 0 unspecified atom stereocenters. The number of amides is 1. The Morgan fingerprint density at radius 3 is 2.56 bits per heavy atom. The smallest absolute Gasteiger partial charge is 0.247 e. The molecule has 1 aromatic heterocycles. The highest BCUT2D eigenvalue weighted by Gasteiger charge is 2.29. The molecule has 2 aromatic carbocycles. The van der Waals surface area contributed by atoms with Gasteiger partial charge in [-0.05, 0) is 56.8 Å². The number of methoxy groups -OCH3 is 1. The first-order chi connectivity index (χ1) is 19.9. The van der Waals surface area contributed by atoms with Crippen molar-refractivity contribution in [2.45, 2.75) is 31.3 Å². The number of carbonyl (C=O) groups is 1. The molecule has 0 aliphatic carbocycles. The van der Waals surface area contributed by atoms with Crippen LogP contribution < -0.4 is 25.3 Å². The average Bonchev–Trinajstić information content (AvgIpc) is 3.48. The van der Waals surface area contributed by atoms with E-state index in [0.29, 0.717) is 46.4 Å². The predicted octanol–water partition coefficient (Wildman–Crippen LogP) is 5.42. The number of nitrogens with zero attached hydrogens (tertiary/aromatic N) is 5. The van der Waals surface area contributed by atoms with Crippen molar-refractivity contribution in [3.05, 3.63) is 72.0 Å². The molecular formula is C30H36ClN7O3. The number of nitrogens with one attached hydrogen (secondary N) is 2. The van der Waals surface area contributed by atoms with Gasteiger partial charge in [0.2, 0.25) is 5.91 Å². The monoisotopic (exact) mass is 577 g/mol. The number of ether oxygens (including phenoxy) is 1. The molecule has 1 atom stereocenters. The summed E-state index contributed by atoms with van der Waals surface area (Å²) in [5.74, 6) is 1.52. The Bertz CT molecular complexity index is 1380. The zero-order valence-electron chi connectivity index (χ0n) is 23.6. The predicted molar refractivity (Wildman–Crippen MR) is 163 cm³/mol. The summed E-state index contributed by atoms with van der Waals surface area (Å²) in [5.41, 5.74) is 3.32. The Hall–Kier alpha value is -3.86. The topological polar surface area (TPSA) is 95.1 Å². The molecule has 3 aromatic rings. The fourth-order valence-corrected chi connectivity index (χ4v) is 5.49. The highest BCUT2D eigenvalue weighted by Crippen LogP contribution is 2.40. The van der Waals surface area contributed by atoms with Crippen LogP contribution >= 0.6 is 11.6 Å². The van der Waals surface area contributed by atoms with Gasteiger partial charge < -0.3 is 25.2 Å². The van der Waals surface area contributed by atoms with Gasteiger partial charge in [0.05, 0.1) is 36.8 Å². The zero-order valence-corrected chi connectivity index (χ0v) is 24.4. The molecule has 5 rings (SSSR count). The van der Waals surface area contributed by atoms with Crippen LogP contribution in [0.3, 0.4) is 0 Å². The number of rotatable bonds is 9. The van der Waals surface area contributed by atoms with Crippen LogP contribution in [0.1, 0.15) is 30.9 Å². The van der Waals surface area contributed by atoms with Crippen molar-refractivity contribution in [3.8, 4) is 5.75 Å². The molecule has 2 aliphatic heterocycles. The van der Waals surface area contributed by atoms with Gasteiger partial charge >= 0.3 is 0 Å². The third kappa shape index (κ3) is 6.56. The SMILES string of the molecule is C=CC(=O)Nc1cc(Nc2cc(N3OCC[C@@H]3c3ccc(Cl)cc3)ncn2)c(OC)cc1N1CCC(N(C)C)CC1. The first-order valence-corrected chi connectivity index (χ1v) is 14.1. The van der Waals surface area contributed by atoms with Crippen molar-refractivity contribution >= 4 is 46.2 Å². The van der Waals surface area contributed by atoms with Gasteiger partial charge in [0.15, 0.2) is 5.82 Å². The van der Waals surface area contributed by atoms with Crippen LogP contribution in [0.2, 0.25) is 5.02 Å². The van der Waals surface area contributed by atoms with Crippen LogP contribution in [-0.4, -0.2) is 67.7 Å². The van der Waals surface area contributed by atoms with Crippen LogP contribution in [-0.2, 0) is 9.63 Å². The van der Waals surface area contributed by atoms with E-state index in [1.807, 2.05) is 47.5 Å². The number of hydroxylamine groups is 1. The van der Waals surface area contributed by atoms with Crippen molar-refractivity contribution in [1.82, 2.24) is 14.9 Å². The van der Waals surface area contributed by atoms with Gasteiger partial charge in [0.1, 0.15) is 17.9 Å². The molecule has 0 radical (unpaired) electrons. The summed E-state index contributed by atoms with van der Waals surface area (Å²) in [7, 11) is 5.86. The molecule has 3 heterocycles. The van der Waals surface area contributed by atoms with E-state index < -0.39 is 0 Å². The molecule has 2 saturated heterocycles. The molecule has 1 amide bonds. The molecule has 2 fully saturated rings. The molecule has 0 spiro atoms. The maximum absolute atomic E-state index is 12.4. The van der Waals surface area contributed by atoms with Crippen molar-refractivity contribution < 1.29 is 14.4 Å². The van der Waals surface area contributed by atoms with Gasteiger partial charge in [-0.1, -0.05) is 30.3 Å². The summed E-state index contributed by atoms with van der Waals surface area (Å²) in [5, 5.41) is 8.83. The zero-order chi connectivity index (χ0) is 28.9. The highest BCUT2D eigenvalue weighted by atomic mass is 35.5. The maximum Gasteiger partial charge on any atom is 0.247 e.